The highest BCUT2D eigenvalue weighted by atomic mass is 16.5. The number of nitrogens with two attached hydrogens (primary N) is 1. The van der Waals surface area contributed by atoms with Gasteiger partial charge in [-0.2, -0.15) is 0 Å². The SMILES string of the molecule is COc1cccc(CC(NN)c2ccc3c(c2)CCO3)c1. The van der Waals surface area contributed by atoms with Crippen LogP contribution in [0.3, 0.4) is 0 Å². The molecule has 0 aromatic heterocycles. The first kappa shape index (κ1) is 13.9. The van der Waals surface area contributed by atoms with Crippen molar-refractivity contribution in [3.8, 4) is 11.5 Å². The van der Waals surface area contributed by atoms with Crippen LogP contribution in [0.2, 0.25) is 0 Å². The molecule has 0 saturated carbocycles. The van der Waals surface area contributed by atoms with Crippen LogP contribution in [0.15, 0.2) is 42.5 Å². The van der Waals surface area contributed by atoms with Crippen molar-refractivity contribution in [3.63, 3.8) is 0 Å². The number of rotatable bonds is 5. The van der Waals surface area contributed by atoms with Crippen molar-refractivity contribution in [3.05, 3.63) is 59.2 Å². The molecule has 2 aromatic carbocycles. The highest BCUT2D eigenvalue weighted by Crippen LogP contribution is 2.29. The lowest BCUT2D eigenvalue weighted by Crippen LogP contribution is -2.29. The van der Waals surface area contributed by atoms with Crippen LogP contribution in [0, 0.1) is 0 Å². The molecule has 110 valence electrons. The van der Waals surface area contributed by atoms with E-state index >= 15 is 0 Å². The molecular weight excluding hydrogens is 264 g/mol. The third-order valence-corrected chi connectivity index (χ3v) is 3.89. The van der Waals surface area contributed by atoms with E-state index in [2.05, 4.69) is 23.6 Å². The fourth-order valence-corrected chi connectivity index (χ4v) is 2.73. The lowest BCUT2D eigenvalue weighted by molar-refractivity contribution is 0.356. The molecule has 0 bridgehead atoms. The van der Waals surface area contributed by atoms with Crippen molar-refractivity contribution in [2.45, 2.75) is 18.9 Å². The van der Waals surface area contributed by atoms with Gasteiger partial charge < -0.3 is 9.47 Å². The van der Waals surface area contributed by atoms with Crippen molar-refractivity contribution in [2.75, 3.05) is 13.7 Å². The minimum atomic E-state index is 0.0722. The molecular formula is C17H20N2O2. The smallest absolute Gasteiger partial charge is 0.122 e. The number of ether oxygens (including phenoxy) is 2. The van der Waals surface area contributed by atoms with Crippen molar-refractivity contribution >= 4 is 0 Å². The standard InChI is InChI=1S/C17H20N2O2/c1-20-15-4-2-3-12(9-15)10-16(19-18)13-5-6-17-14(11-13)7-8-21-17/h2-6,9,11,16,19H,7-8,10,18H2,1H3. The summed E-state index contributed by atoms with van der Waals surface area (Å²) in [5.74, 6) is 7.62. The number of hydrogen-bond acceptors (Lipinski definition) is 4. The average molecular weight is 284 g/mol. The highest BCUT2D eigenvalue weighted by Gasteiger charge is 2.16. The maximum atomic E-state index is 5.76. The summed E-state index contributed by atoms with van der Waals surface area (Å²) in [6.07, 6.45) is 1.78. The number of methoxy groups -OCH3 is 1. The van der Waals surface area contributed by atoms with Gasteiger partial charge in [-0.15, -0.1) is 0 Å². The molecule has 0 amide bonds. The van der Waals surface area contributed by atoms with Crippen LogP contribution in [-0.4, -0.2) is 13.7 Å². The van der Waals surface area contributed by atoms with Gasteiger partial charge in [-0.25, -0.2) is 0 Å². The first-order valence-corrected chi connectivity index (χ1v) is 7.15. The topological polar surface area (TPSA) is 56.5 Å². The van der Waals surface area contributed by atoms with Gasteiger partial charge in [-0.05, 0) is 41.3 Å². The normalized spacial score (nSPS) is 14.4. The second-order valence-electron chi connectivity index (χ2n) is 5.24. The molecule has 1 aliphatic heterocycles. The summed E-state index contributed by atoms with van der Waals surface area (Å²) in [7, 11) is 1.68. The van der Waals surface area contributed by atoms with Crippen molar-refractivity contribution < 1.29 is 9.47 Å². The summed E-state index contributed by atoms with van der Waals surface area (Å²) in [4.78, 5) is 0. The average Bonchev–Trinajstić information content (AvgIpc) is 3.00. The molecule has 4 nitrogen and oxygen atoms in total. The molecule has 0 fully saturated rings. The Morgan fingerprint density at radius 1 is 1.29 bits per heavy atom. The number of hydrazine groups is 1. The van der Waals surface area contributed by atoms with E-state index in [0.29, 0.717) is 0 Å². The zero-order valence-electron chi connectivity index (χ0n) is 12.1. The molecule has 21 heavy (non-hydrogen) atoms. The molecule has 4 heteroatoms. The Balaban J connectivity index is 1.81. The van der Waals surface area contributed by atoms with E-state index in [1.54, 1.807) is 7.11 Å². The van der Waals surface area contributed by atoms with Gasteiger partial charge in [-0.1, -0.05) is 24.3 Å². The van der Waals surface area contributed by atoms with Crippen LogP contribution >= 0.6 is 0 Å². The number of fused-ring (bicyclic) bond motifs is 1. The second-order valence-corrected chi connectivity index (χ2v) is 5.24. The first-order chi connectivity index (χ1) is 10.3. The highest BCUT2D eigenvalue weighted by molar-refractivity contribution is 5.41. The Morgan fingerprint density at radius 2 is 2.19 bits per heavy atom. The summed E-state index contributed by atoms with van der Waals surface area (Å²) in [5.41, 5.74) is 6.55. The van der Waals surface area contributed by atoms with Gasteiger partial charge in [0.05, 0.1) is 13.7 Å². The third kappa shape index (κ3) is 3.01. The maximum absolute atomic E-state index is 5.76. The monoisotopic (exact) mass is 284 g/mol. The number of benzene rings is 2. The summed E-state index contributed by atoms with van der Waals surface area (Å²) in [6.45, 7) is 0.773. The van der Waals surface area contributed by atoms with E-state index in [1.807, 2.05) is 24.3 Å². The Kier molecular flexibility index (Phi) is 4.08. The van der Waals surface area contributed by atoms with Gasteiger partial charge in [-0.3, -0.25) is 11.3 Å². The Labute approximate surface area is 124 Å². The second kappa shape index (κ2) is 6.16. The van der Waals surface area contributed by atoms with Crippen LogP contribution in [0.4, 0.5) is 0 Å². The van der Waals surface area contributed by atoms with E-state index in [4.69, 9.17) is 15.3 Å². The minimum Gasteiger partial charge on any atom is -0.497 e. The predicted molar refractivity (Wildman–Crippen MR) is 82.4 cm³/mol. The molecule has 3 N–H and O–H groups in total. The van der Waals surface area contributed by atoms with E-state index in [9.17, 15) is 0 Å². The third-order valence-electron chi connectivity index (χ3n) is 3.89. The molecule has 0 spiro atoms. The number of nitrogens with one attached hydrogen (secondary N) is 1. The number of hydrogen-bond donors (Lipinski definition) is 2. The lowest BCUT2D eigenvalue weighted by Gasteiger charge is -2.17. The fraction of sp³-hybridized carbons (Fsp3) is 0.294. The van der Waals surface area contributed by atoms with Crippen LogP contribution in [-0.2, 0) is 12.8 Å². The minimum absolute atomic E-state index is 0.0722. The molecule has 2 aromatic rings. The molecule has 1 aliphatic rings. The molecule has 0 saturated heterocycles. The summed E-state index contributed by atoms with van der Waals surface area (Å²) in [5, 5.41) is 0. The van der Waals surface area contributed by atoms with Crippen molar-refractivity contribution in [1.29, 1.82) is 0 Å². The Bertz CT molecular complexity index is 628. The molecule has 1 atom stereocenters. The van der Waals surface area contributed by atoms with Crippen LogP contribution < -0.4 is 20.7 Å². The van der Waals surface area contributed by atoms with Gasteiger partial charge in [0.25, 0.3) is 0 Å². The van der Waals surface area contributed by atoms with Crippen LogP contribution in [0.25, 0.3) is 0 Å². The zero-order chi connectivity index (χ0) is 14.7. The predicted octanol–water partition coefficient (Wildman–Crippen LogP) is 2.38. The van der Waals surface area contributed by atoms with E-state index < -0.39 is 0 Å². The van der Waals surface area contributed by atoms with Gasteiger partial charge in [0, 0.05) is 12.5 Å². The van der Waals surface area contributed by atoms with E-state index in [0.717, 1.165) is 30.9 Å². The van der Waals surface area contributed by atoms with Crippen molar-refractivity contribution in [1.82, 2.24) is 5.43 Å². The summed E-state index contributed by atoms with van der Waals surface area (Å²) < 4.78 is 10.8. The van der Waals surface area contributed by atoms with Crippen molar-refractivity contribution in [2.24, 2.45) is 5.84 Å². The summed E-state index contributed by atoms with van der Waals surface area (Å²) >= 11 is 0. The molecule has 3 rings (SSSR count). The first-order valence-electron chi connectivity index (χ1n) is 7.15. The molecule has 0 radical (unpaired) electrons. The molecule has 1 unspecified atom stereocenters. The van der Waals surface area contributed by atoms with Gasteiger partial charge in [0.1, 0.15) is 11.5 Å². The van der Waals surface area contributed by atoms with E-state index in [1.165, 1.54) is 16.7 Å². The van der Waals surface area contributed by atoms with Gasteiger partial charge in [0.2, 0.25) is 0 Å². The Morgan fingerprint density at radius 3 is 3.00 bits per heavy atom. The van der Waals surface area contributed by atoms with Gasteiger partial charge >= 0.3 is 0 Å². The fourth-order valence-electron chi connectivity index (χ4n) is 2.73. The van der Waals surface area contributed by atoms with Crippen LogP contribution in [0.1, 0.15) is 22.7 Å². The zero-order valence-corrected chi connectivity index (χ0v) is 12.1. The van der Waals surface area contributed by atoms with Crippen LogP contribution in [0.5, 0.6) is 11.5 Å². The largest absolute Gasteiger partial charge is 0.497 e. The lowest BCUT2D eigenvalue weighted by atomic mass is 9.97. The molecule has 0 aliphatic carbocycles. The maximum Gasteiger partial charge on any atom is 0.122 e. The Hall–Kier alpha value is -2.04. The molecule has 1 heterocycles. The van der Waals surface area contributed by atoms with Gasteiger partial charge in [0.15, 0.2) is 0 Å². The quantitative estimate of drug-likeness (QED) is 0.654. The summed E-state index contributed by atoms with van der Waals surface area (Å²) in [6, 6.07) is 14.4. The van der Waals surface area contributed by atoms with E-state index in [-0.39, 0.29) is 6.04 Å².